The van der Waals surface area contributed by atoms with Gasteiger partial charge in [-0.3, -0.25) is 0 Å². The third-order valence-corrected chi connectivity index (χ3v) is 4.64. The second-order valence-electron chi connectivity index (χ2n) is 6.86. The molecule has 3 heteroatoms. The summed E-state index contributed by atoms with van der Waals surface area (Å²) in [5, 5.41) is 0. The molecule has 0 aliphatic heterocycles. The zero-order valence-corrected chi connectivity index (χ0v) is 12.8. The van der Waals surface area contributed by atoms with E-state index in [9.17, 15) is 0 Å². The van der Waals surface area contributed by atoms with Gasteiger partial charge < -0.3 is 10.3 Å². The van der Waals surface area contributed by atoms with Gasteiger partial charge in [-0.2, -0.15) is 0 Å². The first kappa shape index (κ1) is 12.9. The largest absolute Gasteiger partial charge is 0.383 e. The summed E-state index contributed by atoms with van der Waals surface area (Å²) in [6, 6.07) is 9.45. The Morgan fingerprint density at radius 2 is 1.76 bits per heavy atom. The maximum atomic E-state index is 6.43. The zero-order chi connectivity index (χ0) is 14.6. The molecule has 1 heterocycles. The molecule has 1 aromatic heterocycles. The van der Waals surface area contributed by atoms with E-state index < -0.39 is 0 Å². The van der Waals surface area contributed by atoms with Crippen molar-refractivity contribution in [2.75, 3.05) is 5.73 Å². The Labute approximate surface area is 126 Å². The van der Waals surface area contributed by atoms with E-state index in [1.54, 1.807) is 0 Å². The van der Waals surface area contributed by atoms with E-state index in [0.717, 1.165) is 28.8 Å². The van der Waals surface area contributed by atoms with Crippen LogP contribution in [0.2, 0.25) is 0 Å². The van der Waals surface area contributed by atoms with Crippen LogP contribution in [0.4, 0.5) is 5.82 Å². The summed E-state index contributed by atoms with van der Waals surface area (Å²) in [4.78, 5) is 4.87. The Balaban J connectivity index is 1.75. The van der Waals surface area contributed by atoms with Gasteiger partial charge in [-0.25, -0.2) is 4.98 Å². The molecule has 0 radical (unpaired) electrons. The van der Waals surface area contributed by atoms with Gasteiger partial charge in [0.1, 0.15) is 17.3 Å². The Bertz CT molecular complexity index is 659. The van der Waals surface area contributed by atoms with Gasteiger partial charge in [0.25, 0.3) is 0 Å². The smallest absolute Gasteiger partial charge is 0.132 e. The first-order valence-electron chi connectivity index (χ1n) is 8.13. The van der Waals surface area contributed by atoms with Gasteiger partial charge in [-0.1, -0.05) is 38.1 Å². The van der Waals surface area contributed by atoms with Crippen LogP contribution in [-0.2, 0) is 0 Å². The highest BCUT2D eigenvalue weighted by molar-refractivity contribution is 5.71. The molecule has 2 fully saturated rings. The lowest BCUT2D eigenvalue weighted by atomic mass is 10.1. The number of hydrogen-bond donors (Lipinski definition) is 1. The maximum absolute atomic E-state index is 6.43. The number of aromatic nitrogens is 2. The van der Waals surface area contributed by atoms with E-state index in [1.807, 2.05) is 0 Å². The van der Waals surface area contributed by atoms with Gasteiger partial charge >= 0.3 is 0 Å². The van der Waals surface area contributed by atoms with E-state index in [4.69, 9.17) is 10.7 Å². The van der Waals surface area contributed by atoms with Crippen LogP contribution in [0.3, 0.4) is 0 Å². The second-order valence-corrected chi connectivity index (χ2v) is 6.86. The van der Waals surface area contributed by atoms with Crippen LogP contribution >= 0.6 is 0 Å². The van der Waals surface area contributed by atoms with E-state index >= 15 is 0 Å². The Kier molecular flexibility index (Phi) is 2.84. The van der Waals surface area contributed by atoms with Crippen LogP contribution in [0, 0.1) is 0 Å². The minimum atomic E-state index is 0.410. The quantitative estimate of drug-likeness (QED) is 0.898. The van der Waals surface area contributed by atoms with Crippen molar-refractivity contribution in [2.24, 2.45) is 0 Å². The summed E-state index contributed by atoms with van der Waals surface area (Å²) < 4.78 is 2.27. The van der Waals surface area contributed by atoms with Crippen molar-refractivity contribution in [3.63, 3.8) is 0 Å². The molecule has 2 aliphatic carbocycles. The predicted molar refractivity (Wildman–Crippen MR) is 86.4 cm³/mol. The minimum absolute atomic E-state index is 0.410. The van der Waals surface area contributed by atoms with Crippen molar-refractivity contribution < 1.29 is 0 Å². The minimum Gasteiger partial charge on any atom is -0.383 e. The van der Waals surface area contributed by atoms with Crippen molar-refractivity contribution in [3.8, 4) is 11.3 Å². The molecule has 3 nitrogen and oxygen atoms in total. The topological polar surface area (TPSA) is 43.8 Å². The standard InChI is InChI=1S/C18H23N3/c1-11(2)18-20-16(17(19)21(18)15-9-10-15)14-7-5-13(6-8-14)12-3-4-12/h5-8,11-12,15H,3-4,9-10,19H2,1-2H3. The molecule has 21 heavy (non-hydrogen) atoms. The van der Waals surface area contributed by atoms with Crippen molar-refractivity contribution in [1.82, 2.24) is 9.55 Å². The third-order valence-electron chi connectivity index (χ3n) is 4.64. The Morgan fingerprint density at radius 3 is 2.29 bits per heavy atom. The lowest BCUT2D eigenvalue weighted by Gasteiger charge is -2.10. The van der Waals surface area contributed by atoms with Crippen molar-refractivity contribution in [1.29, 1.82) is 0 Å². The van der Waals surface area contributed by atoms with Crippen LogP contribution in [0.15, 0.2) is 24.3 Å². The predicted octanol–water partition coefficient (Wildman–Crippen LogP) is 4.47. The first-order valence-corrected chi connectivity index (χ1v) is 8.13. The highest BCUT2D eigenvalue weighted by Crippen LogP contribution is 2.43. The molecule has 0 spiro atoms. The SMILES string of the molecule is CC(C)c1nc(-c2ccc(C3CC3)cc2)c(N)n1C1CC1. The van der Waals surface area contributed by atoms with Gasteiger partial charge in [0.2, 0.25) is 0 Å². The third kappa shape index (κ3) is 2.25. The van der Waals surface area contributed by atoms with Crippen LogP contribution in [0.1, 0.15) is 68.8 Å². The second kappa shape index (κ2) is 4.62. The molecule has 4 rings (SSSR count). The summed E-state index contributed by atoms with van der Waals surface area (Å²) in [5.74, 6) is 3.19. The van der Waals surface area contributed by atoms with Crippen LogP contribution in [-0.4, -0.2) is 9.55 Å². The number of nitrogen functional groups attached to an aromatic ring is 1. The molecule has 2 saturated carbocycles. The number of imidazole rings is 1. The molecular weight excluding hydrogens is 258 g/mol. The molecule has 0 unspecified atom stereocenters. The fourth-order valence-electron chi connectivity index (χ4n) is 3.13. The first-order chi connectivity index (χ1) is 10.1. The lowest BCUT2D eigenvalue weighted by molar-refractivity contribution is 0.646. The monoisotopic (exact) mass is 281 g/mol. The molecule has 110 valence electrons. The number of rotatable bonds is 4. The molecule has 0 bridgehead atoms. The zero-order valence-electron chi connectivity index (χ0n) is 12.8. The van der Waals surface area contributed by atoms with Crippen LogP contribution in [0.25, 0.3) is 11.3 Å². The van der Waals surface area contributed by atoms with Gasteiger partial charge in [0, 0.05) is 17.5 Å². The average Bonchev–Trinajstić information content (AvgIpc) is 3.36. The number of nitrogens with two attached hydrogens (primary N) is 1. The van der Waals surface area contributed by atoms with E-state index in [2.05, 4.69) is 42.7 Å². The molecule has 2 aliphatic rings. The fraction of sp³-hybridized carbons (Fsp3) is 0.500. The lowest BCUT2D eigenvalue weighted by Crippen LogP contribution is -2.06. The normalized spacial score (nSPS) is 18.4. The maximum Gasteiger partial charge on any atom is 0.132 e. The van der Waals surface area contributed by atoms with Crippen LogP contribution < -0.4 is 5.73 Å². The molecule has 2 aromatic rings. The highest BCUT2D eigenvalue weighted by atomic mass is 15.2. The van der Waals surface area contributed by atoms with Crippen molar-refractivity contribution >= 4 is 5.82 Å². The van der Waals surface area contributed by atoms with E-state index in [0.29, 0.717) is 12.0 Å². The average molecular weight is 281 g/mol. The van der Waals surface area contributed by atoms with E-state index in [-0.39, 0.29) is 0 Å². The van der Waals surface area contributed by atoms with Gasteiger partial charge in [0.05, 0.1) is 0 Å². The van der Waals surface area contributed by atoms with Gasteiger partial charge in [-0.15, -0.1) is 0 Å². The molecule has 0 saturated heterocycles. The summed E-state index contributed by atoms with van der Waals surface area (Å²) in [6.07, 6.45) is 5.16. The van der Waals surface area contributed by atoms with E-state index in [1.165, 1.54) is 31.2 Å². The summed E-state index contributed by atoms with van der Waals surface area (Å²) >= 11 is 0. The molecule has 0 atom stereocenters. The summed E-state index contributed by atoms with van der Waals surface area (Å²) in [5.41, 5.74) is 10.0. The molecular formula is C18H23N3. The number of anilines is 1. The number of hydrogen-bond acceptors (Lipinski definition) is 2. The Hall–Kier alpha value is -1.77. The molecule has 0 amide bonds. The summed E-state index contributed by atoms with van der Waals surface area (Å²) in [6.45, 7) is 4.39. The van der Waals surface area contributed by atoms with Gasteiger partial charge in [0.15, 0.2) is 0 Å². The van der Waals surface area contributed by atoms with Crippen molar-refractivity contribution in [2.45, 2.75) is 57.4 Å². The summed E-state index contributed by atoms with van der Waals surface area (Å²) in [7, 11) is 0. The molecule has 1 aromatic carbocycles. The van der Waals surface area contributed by atoms with Crippen LogP contribution in [0.5, 0.6) is 0 Å². The molecule has 2 N–H and O–H groups in total. The number of nitrogens with zero attached hydrogens (tertiary/aromatic N) is 2. The number of benzene rings is 1. The van der Waals surface area contributed by atoms with Gasteiger partial charge in [-0.05, 0) is 37.2 Å². The highest BCUT2D eigenvalue weighted by Gasteiger charge is 2.31. The fourth-order valence-corrected chi connectivity index (χ4v) is 3.13. The van der Waals surface area contributed by atoms with Crippen molar-refractivity contribution in [3.05, 3.63) is 35.7 Å². The Morgan fingerprint density at radius 1 is 1.10 bits per heavy atom.